The summed E-state index contributed by atoms with van der Waals surface area (Å²) in [5, 5.41) is 10.2. The molecule has 0 spiro atoms. The smallest absolute Gasteiger partial charge is 0.231 e. The van der Waals surface area contributed by atoms with E-state index in [-0.39, 0.29) is 12.9 Å². The standard InChI is InChI=1S/C25H25N3O3/c1-15-4-2-6-20(26-15)23-24(17-7-10-21-22(13-17)31-14-30-21)28-11-3-5-16-12-18(29)8-9-19(16)25(28)27-23/h2-7,10,13,16,18-19,29H,8-9,11-12,14H2,1H3/t16-,18?,19-/m0/s1. The summed E-state index contributed by atoms with van der Waals surface area (Å²) < 4.78 is 13.5. The van der Waals surface area contributed by atoms with Gasteiger partial charge in [-0.2, -0.15) is 0 Å². The van der Waals surface area contributed by atoms with Gasteiger partial charge in [0, 0.05) is 23.7 Å². The second kappa shape index (κ2) is 7.24. The molecule has 0 amide bonds. The molecule has 3 atom stereocenters. The number of fused-ring (bicyclic) bond motifs is 4. The maximum Gasteiger partial charge on any atom is 0.231 e. The van der Waals surface area contributed by atoms with E-state index in [0.29, 0.717) is 11.8 Å². The van der Waals surface area contributed by atoms with Gasteiger partial charge in [-0.15, -0.1) is 0 Å². The fourth-order valence-electron chi connectivity index (χ4n) is 5.18. The Kier molecular flexibility index (Phi) is 4.35. The number of rotatable bonds is 2. The summed E-state index contributed by atoms with van der Waals surface area (Å²) >= 11 is 0. The maximum atomic E-state index is 10.2. The van der Waals surface area contributed by atoms with Crippen LogP contribution in [0.25, 0.3) is 22.6 Å². The average molecular weight is 415 g/mol. The lowest BCUT2D eigenvalue weighted by Crippen LogP contribution is -2.26. The monoisotopic (exact) mass is 415 g/mol. The number of nitrogens with zero attached hydrogens (tertiary/aromatic N) is 3. The molecule has 6 nitrogen and oxygen atoms in total. The quantitative estimate of drug-likeness (QED) is 0.626. The number of benzene rings is 1. The highest BCUT2D eigenvalue weighted by atomic mass is 16.7. The summed E-state index contributed by atoms with van der Waals surface area (Å²) in [5.41, 5.74) is 4.85. The number of aromatic nitrogens is 3. The van der Waals surface area contributed by atoms with Gasteiger partial charge in [0.1, 0.15) is 11.5 Å². The topological polar surface area (TPSA) is 69.4 Å². The number of ether oxygens (including phenoxy) is 2. The van der Waals surface area contributed by atoms with Crippen LogP contribution in [-0.4, -0.2) is 32.5 Å². The SMILES string of the molecule is Cc1cccc(-c2nc3n(c2-c2ccc4c(c2)OCO4)CC=C[C@H]2CC(O)CC[C@H]32)n1. The average Bonchev–Trinajstić information content (AvgIpc) is 3.34. The summed E-state index contributed by atoms with van der Waals surface area (Å²) in [6.45, 7) is 3.01. The van der Waals surface area contributed by atoms with Crippen LogP contribution in [0.15, 0.2) is 48.6 Å². The third-order valence-electron chi connectivity index (χ3n) is 6.65. The van der Waals surface area contributed by atoms with Crippen LogP contribution in [0.4, 0.5) is 0 Å². The first-order valence-electron chi connectivity index (χ1n) is 11.0. The Morgan fingerprint density at radius 2 is 1.97 bits per heavy atom. The van der Waals surface area contributed by atoms with Crippen LogP contribution in [-0.2, 0) is 6.54 Å². The van der Waals surface area contributed by atoms with Gasteiger partial charge in [-0.25, -0.2) is 4.98 Å². The molecule has 1 aromatic carbocycles. The first-order chi connectivity index (χ1) is 15.2. The van der Waals surface area contributed by atoms with Crippen LogP contribution in [0, 0.1) is 12.8 Å². The number of aryl methyl sites for hydroxylation is 1. The highest BCUT2D eigenvalue weighted by molar-refractivity contribution is 5.79. The summed E-state index contributed by atoms with van der Waals surface area (Å²) in [6, 6.07) is 12.2. The van der Waals surface area contributed by atoms with E-state index in [1.165, 1.54) is 0 Å². The molecule has 1 fully saturated rings. The van der Waals surface area contributed by atoms with Gasteiger partial charge in [-0.05, 0) is 62.4 Å². The normalized spacial score (nSPS) is 23.9. The molecule has 6 rings (SSSR count). The van der Waals surface area contributed by atoms with Crippen LogP contribution in [0.3, 0.4) is 0 Å². The Morgan fingerprint density at radius 1 is 1.06 bits per heavy atom. The Labute approximate surface area is 181 Å². The summed E-state index contributed by atoms with van der Waals surface area (Å²) in [6.07, 6.45) is 6.82. The molecule has 0 bridgehead atoms. The van der Waals surface area contributed by atoms with Crippen molar-refractivity contribution in [2.24, 2.45) is 5.92 Å². The molecular weight excluding hydrogens is 390 g/mol. The number of hydrogen-bond acceptors (Lipinski definition) is 5. The lowest BCUT2D eigenvalue weighted by Gasteiger charge is -2.31. The second-order valence-electron chi connectivity index (χ2n) is 8.68. The number of imidazole rings is 1. The van der Waals surface area contributed by atoms with E-state index in [1.54, 1.807) is 0 Å². The first kappa shape index (κ1) is 18.6. The first-order valence-corrected chi connectivity index (χ1v) is 11.0. The zero-order chi connectivity index (χ0) is 20.9. The molecule has 1 saturated carbocycles. The Hall–Kier alpha value is -3.12. The highest BCUT2D eigenvalue weighted by Crippen LogP contribution is 2.45. The number of allylic oxidation sites excluding steroid dienone is 2. The van der Waals surface area contributed by atoms with E-state index in [1.807, 2.05) is 37.3 Å². The molecule has 158 valence electrons. The predicted octanol–water partition coefficient (Wildman–Crippen LogP) is 4.46. The number of aliphatic hydroxyl groups is 1. The predicted molar refractivity (Wildman–Crippen MR) is 117 cm³/mol. The zero-order valence-corrected chi connectivity index (χ0v) is 17.5. The lowest BCUT2D eigenvalue weighted by molar-refractivity contribution is 0.101. The van der Waals surface area contributed by atoms with Gasteiger partial charge >= 0.3 is 0 Å². The van der Waals surface area contributed by atoms with Crippen molar-refractivity contribution in [1.29, 1.82) is 0 Å². The fraction of sp³-hybridized carbons (Fsp3) is 0.360. The molecule has 3 aromatic rings. The minimum atomic E-state index is -0.223. The maximum absolute atomic E-state index is 10.2. The molecule has 0 saturated heterocycles. The van der Waals surface area contributed by atoms with Crippen molar-refractivity contribution >= 4 is 0 Å². The summed E-state index contributed by atoms with van der Waals surface area (Å²) in [5.74, 6) is 3.24. The van der Waals surface area contributed by atoms with Gasteiger partial charge in [0.2, 0.25) is 6.79 Å². The van der Waals surface area contributed by atoms with Crippen LogP contribution in [0.1, 0.15) is 36.7 Å². The molecule has 31 heavy (non-hydrogen) atoms. The van der Waals surface area contributed by atoms with Crippen molar-refractivity contribution in [2.75, 3.05) is 6.79 Å². The largest absolute Gasteiger partial charge is 0.454 e. The second-order valence-corrected chi connectivity index (χ2v) is 8.68. The van der Waals surface area contributed by atoms with Crippen molar-refractivity contribution in [3.05, 3.63) is 60.1 Å². The Balaban J connectivity index is 1.56. The molecule has 0 radical (unpaired) electrons. The van der Waals surface area contributed by atoms with Gasteiger partial charge < -0.3 is 19.1 Å². The molecular formula is C25H25N3O3. The van der Waals surface area contributed by atoms with Crippen LogP contribution >= 0.6 is 0 Å². The molecule has 6 heteroatoms. The Morgan fingerprint density at radius 3 is 2.87 bits per heavy atom. The van der Waals surface area contributed by atoms with Crippen molar-refractivity contribution in [3.63, 3.8) is 0 Å². The van der Waals surface area contributed by atoms with Crippen molar-refractivity contribution in [3.8, 4) is 34.1 Å². The minimum Gasteiger partial charge on any atom is -0.454 e. The third kappa shape index (κ3) is 3.13. The number of hydrogen-bond donors (Lipinski definition) is 1. The van der Waals surface area contributed by atoms with E-state index in [4.69, 9.17) is 19.4 Å². The molecule has 3 aliphatic rings. The molecule has 1 N–H and O–H groups in total. The molecule has 2 aromatic heterocycles. The van der Waals surface area contributed by atoms with Gasteiger partial charge in [0.05, 0.1) is 17.5 Å². The van der Waals surface area contributed by atoms with Gasteiger partial charge in [0.15, 0.2) is 11.5 Å². The van der Waals surface area contributed by atoms with E-state index in [9.17, 15) is 5.11 Å². The summed E-state index contributed by atoms with van der Waals surface area (Å²) in [4.78, 5) is 10.0. The van der Waals surface area contributed by atoms with E-state index >= 15 is 0 Å². The van der Waals surface area contributed by atoms with E-state index in [0.717, 1.165) is 71.5 Å². The van der Waals surface area contributed by atoms with Gasteiger partial charge in [-0.1, -0.05) is 18.2 Å². The zero-order valence-electron chi connectivity index (χ0n) is 17.5. The minimum absolute atomic E-state index is 0.223. The van der Waals surface area contributed by atoms with Crippen molar-refractivity contribution in [2.45, 2.75) is 44.8 Å². The summed E-state index contributed by atoms with van der Waals surface area (Å²) in [7, 11) is 0. The van der Waals surface area contributed by atoms with Crippen LogP contribution in [0.5, 0.6) is 11.5 Å². The molecule has 1 unspecified atom stereocenters. The Bertz CT molecular complexity index is 1180. The highest BCUT2D eigenvalue weighted by Gasteiger charge is 2.35. The van der Waals surface area contributed by atoms with Crippen LogP contribution < -0.4 is 9.47 Å². The van der Waals surface area contributed by atoms with Crippen molar-refractivity contribution in [1.82, 2.24) is 14.5 Å². The molecule has 2 aliphatic heterocycles. The third-order valence-corrected chi connectivity index (χ3v) is 6.65. The van der Waals surface area contributed by atoms with E-state index in [2.05, 4.69) is 22.8 Å². The fourth-order valence-corrected chi connectivity index (χ4v) is 5.18. The number of aliphatic hydroxyl groups excluding tert-OH is 1. The number of pyridine rings is 1. The van der Waals surface area contributed by atoms with Gasteiger partial charge in [0.25, 0.3) is 0 Å². The van der Waals surface area contributed by atoms with Crippen molar-refractivity contribution < 1.29 is 14.6 Å². The lowest BCUT2D eigenvalue weighted by atomic mass is 9.77. The molecule has 1 aliphatic carbocycles. The van der Waals surface area contributed by atoms with E-state index < -0.39 is 0 Å². The molecule has 4 heterocycles. The van der Waals surface area contributed by atoms with Crippen LogP contribution in [0.2, 0.25) is 0 Å². The van der Waals surface area contributed by atoms with Gasteiger partial charge in [-0.3, -0.25) is 4.98 Å².